The number of rotatable bonds is 3. The third-order valence-corrected chi connectivity index (χ3v) is 5.46. The number of methoxy groups -OCH3 is 1. The maximum atomic E-state index is 12.1. The summed E-state index contributed by atoms with van der Waals surface area (Å²) in [5, 5.41) is 4.93. The Bertz CT molecular complexity index is 1320. The van der Waals surface area contributed by atoms with Gasteiger partial charge in [0.15, 0.2) is 6.10 Å². The van der Waals surface area contributed by atoms with Crippen molar-refractivity contribution in [3.05, 3.63) is 88.2 Å². The van der Waals surface area contributed by atoms with Crippen LogP contribution in [0, 0.1) is 17.8 Å². The molecule has 1 fully saturated rings. The van der Waals surface area contributed by atoms with Crippen LogP contribution >= 0.6 is 0 Å². The van der Waals surface area contributed by atoms with Crippen LogP contribution in [0.5, 0.6) is 5.75 Å². The summed E-state index contributed by atoms with van der Waals surface area (Å²) in [6, 6.07) is 17.1. The maximum Gasteiger partial charge on any atom is 0.408 e. The van der Waals surface area contributed by atoms with Crippen LogP contribution < -0.4 is 20.8 Å². The first-order valence-corrected chi connectivity index (χ1v) is 10.1. The molecule has 1 saturated heterocycles. The van der Waals surface area contributed by atoms with Crippen molar-refractivity contribution in [2.24, 2.45) is 10.9 Å². The van der Waals surface area contributed by atoms with Crippen LogP contribution in [0.15, 0.2) is 65.8 Å². The number of nitrogens with zero attached hydrogens (tertiary/aromatic N) is 1. The second-order valence-electron chi connectivity index (χ2n) is 7.51. The number of aromatic amines is 1. The predicted molar refractivity (Wildman–Crippen MR) is 116 cm³/mol. The molecule has 3 atom stereocenters. The van der Waals surface area contributed by atoms with Crippen LogP contribution in [0.2, 0.25) is 0 Å². The normalized spacial score (nSPS) is 21.5. The third-order valence-electron chi connectivity index (χ3n) is 5.46. The van der Waals surface area contributed by atoms with Gasteiger partial charge in [0.2, 0.25) is 0 Å². The standard InChI is InChI=1S/C25H21N3O3/c1-30-20-7-3-6-19(14-20)24-23(28-25(29)31-24)18-5-2-4-16(12-18)8-9-17-13-22-21(27-15-17)10-11-26-22/h2-7,10-14,17,23-24,26H,15H2,1H3,(H,28,29)/t17?,23-,24-/m1/s1. The number of carbonyl (C=O) groups is 1. The highest BCUT2D eigenvalue weighted by atomic mass is 16.6. The van der Waals surface area contributed by atoms with Crippen molar-refractivity contribution in [2.45, 2.75) is 12.1 Å². The van der Waals surface area contributed by atoms with E-state index >= 15 is 0 Å². The Labute approximate surface area is 179 Å². The van der Waals surface area contributed by atoms with Gasteiger partial charge in [0, 0.05) is 11.8 Å². The van der Waals surface area contributed by atoms with Gasteiger partial charge in [-0.15, -0.1) is 0 Å². The molecule has 2 aliphatic heterocycles. The van der Waals surface area contributed by atoms with E-state index in [0.29, 0.717) is 6.54 Å². The molecule has 1 unspecified atom stereocenters. The molecule has 1 amide bonds. The Balaban J connectivity index is 1.41. The molecule has 2 aliphatic rings. The lowest BCUT2D eigenvalue weighted by atomic mass is 9.95. The Morgan fingerprint density at radius 3 is 2.90 bits per heavy atom. The first-order chi connectivity index (χ1) is 15.2. The molecule has 0 bridgehead atoms. The Hall–Kier alpha value is -3.98. The zero-order chi connectivity index (χ0) is 21.2. The van der Waals surface area contributed by atoms with Gasteiger partial charge in [-0.25, -0.2) is 4.79 Å². The van der Waals surface area contributed by atoms with Crippen LogP contribution in [-0.2, 0) is 4.74 Å². The topological polar surface area (TPSA) is 75.7 Å². The van der Waals surface area contributed by atoms with E-state index in [9.17, 15) is 4.79 Å². The minimum Gasteiger partial charge on any atom is -0.497 e. The zero-order valence-corrected chi connectivity index (χ0v) is 17.0. The lowest BCUT2D eigenvalue weighted by Crippen LogP contribution is -2.29. The summed E-state index contributed by atoms with van der Waals surface area (Å²) in [4.78, 5) is 19.8. The van der Waals surface area contributed by atoms with Gasteiger partial charge < -0.3 is 19.8 Å². The van der Waals surface area contributed by atoms with Gasteiger partial charge in [0.1, 0.15) is 5.75 Å². The number of carbonyl (C=O) groups excluding carboxylic acids is 1. The Morgan fingerprint density at radius 2 is 2.00 bits per heavy atom. The molecular formula is C25H21N3O3. The van der Waals surface area contributed by atoms with Gasteiger partial charge in [0.25, 0.3) is 0 Å². The molecule has 6 heteroatoms. The van der Waals surface area contributed by atoms with Crippen molar-refractivity contribution in [2.75, 3.05) is 13.7 Å². The molecule has 6 nitrogen and oxygen atoms in total. The van der Waals surface area contributed by atoms with Gasteiger partial charge in [0.05, 0.1) is 36.3 Å². The zero-order valence-electron chi connectivity index (χ0n) is 17.0. The molecule has 3 aromatic rings. The predicted octanol–water partition coefficient (Wildman–Crippen LogP) is 2.63. The fraction of sp³-hybridized carbons (Fsp3) is 0.200. The first-order valence-electron chi connectivity index (χ1n) is 10.1. The van der Waals surface area contributed by atoms with Crippen molar-refractivity contribution in [1.29, 1.82) is 0 Å². The average molecular weight is 411 g/mol. The van der Waals surface area contributed by atoms with E-state index in [0.717, 1.165) is 33.1 Å². The SMILES string of the molecule is COc1cccc([C@H]2OC(=O)N[C@@H]2c2cccc(C#CC3C=c4[nH]ccc4=NC3)c2)c1. The van der Waals surface area contributed by atoms with E-state index in [1.165, 1.54) is 0 Å². The number of nitrogens with one attached hydrogen (secondary N) is 2. The summed E-state index contributed by atoms with van der Waals surface area (Å²) < 4.78 is 10.9. The highest BCUT2D eigenvalue weighted by Crippen LogP contribution is 2.37. The van der Waals surface area contributed by atoms with Crippen molar-refractivity contribution in [3.8, 4) is 17.6 Å². The highest BCUT2D eigenvalue weighted by Gasteiger charge is 2.36. The number of alkyl carbamates (subject to hydrolysis) is 1. The minimum absolute atomic E-state index is 0.0638. The van der Waals surface area contributed by atoms with E-state index in [1.807, 2.05) is 60.8 Å². The van der Waals surface area contributed by atoms with Crippen molar-refractivity contribution < 1.29 is 14.3 Å². The number of cyclic esters (lactones) is 1. The lowest BCUT2D eigenvalue weighted by molar-refractivity contribution is 0.132. The third kappa shape index (κ3) is 3.90. The van der Waals surface area contributed by atoms with Crippen LogP contribution in [-0.4, -0.2) is 24.7 Å². The number of amides is 1. The number of hydrogen-bond acceptors (Lipinski definition) is 4. The molecule has 0 aliphatic carbocycles. The van der Waals surface area contributed by atoms with Crippen LogP contribution in [0.25, 0.3) is 6.08 Å². The molecule has 1 aromatic heterocycles. The molecule has 31 heavy (non-hydrogen) atoms. The van der Waals surface area contributed by atoms with Crippen LogP contribution in [0.1, 0.15) is 28.8 Å². The maximum absolute atomic E-state index is 12.1. The van der Waals surface area contributed by atoms with Crippen LogP contribution in [0.3, 0.4) is 0 Å². The molecule has 0 spiro atoms. The summed E-state index contributed by atoms with van der Waals surface area (Å²) >= 11 is 0. The number of aromatic nitrogens is 1. The van der Waals surface area contributed by atoms with Crippen LogP contribution in [0.4, 0.5) is 4.79 Å². The quantitative estimate of drug-likeness (QED) is 0.651. The molecule has 3 heterocycles. The van der Waals surface area contributed by atoms with Crippen molar-refractivity contribution >= 4 is 12.2 Å². The second kappa shape index (κ2) is 8.04. The Kier molecular flexibility index (Phi) is 4.93. The highest BCUT2D eigenvalue weighted by molar-refractivity contribution is 5.71. The number of ether oxygens (including phenoxy) is 2. The second-order valence-corrected chi connectivity index (χ2v) is 7.51. The molecule has 0 saturated carbocycles. The van der Waals surface area contributed by atoms with Gasteiger partial charge >= 0.3 is 6.09 Å². The molecular weight excluding hydrogens is 390 g/mol. The van der Waals surface area contributed by atoms with Crippen molar-refractivity contribution in [1.82, 2.24) is 10.3 Å². The number of benzene rings is 2. The largest absolute Gasteiger partial charge is 0.497 e. The van der Waals surface area contributed by atoms with E-state index in [4.69, 9.17) is 9.47 Å². The number of H-pyrrole nitrogens is 1. The first kappa shape index (κ1) is 19.0. The van der Waals surface area contributed by atoms with E-state index in [1.54, 1.807) is 7.11 Å². The fourth-order valence-electron chi connectivity index (χ4n) is 3.93. The summed E-state index contributed by atoms with van der Waals surface area (Å²) in [5.41, 5.74) is 2.70. The smallest absolute Gasteiger partial charge is 0.408 e. The molecule has 5 rings (SSSR count). The fourth-order valence-corrected chi connectivity index (χ4v) is 3.93. The summed E-state index contributed by atoms with van der Waals surface area (Å²) in [5.74, 6) is 7.34. The summed E-state index contributed by atoms with van der Waals surface area (Å²) in [6.07, 6.45) is 3.13. The molecule has 2 N–H and O–H groups in total. The average Bonchev–Trinajstić information content (AvgIpc) is 3.44. The monoisotopic (exact) mass is 411 g/mol. The van der Waals surface area contributed by atoms with E-state index in [2.05, 4.69) is 33.2 Å². The van der Waals surface area contributed by atoms with Gasteiger partial charge in [-0.3, -0.25) is 4.99 Å². The Morgan fingerprint density at radius 1 is 1.13 bits per heavy atom. The minimum atomic E-state index is -0.442. The molecule has 154 valence electrons. The van der Waals surface area contributed by atoms with Gasteiger partial charge in [-0.1, -0.05) is 36.1 Å². The number of fused-ring (bicyclic) bond motifs is 1. The van der Waals surface area contributed by atoms with E-state index in [-0.39, 0.29) is 12.0 Å². The van der Waals surface area contributed by atoms with E-state index < -0.39 is 12.2 Å². The summed E-state index contributed by atoms with van der Waals surface area (Å²) in [7, 11) is 1.62. The number of hydrogen-bond donors (Lipinski definition) is 2. The lowest BCUT2D eigenvalue weighted by Gasteiger charge is -2.18. The molecule has 2 aromatic carbocycles. The van der Waals surface area contributed by atoms with Crippen molar-refractivity contribution in [3.63, 3.8) is 0 Å². The van der Waals surface area contributed by atoms with Gasteiger partial charge in [-0.2, -0.15) is 0 Å². The summed E-state index contributed by atoms with van der Waals surface area (Å²) in [6.45, 7) is 0.655. The molecule has 0 radical (unpaired) electrons. The van der Waals surface area contributed by atoms with Gasteiger partial charge in [-0.05, 0) is 47.5 Å².